The fraction of sp³-hybridized carbons (Fsp3) is 0.636. The number of rotatable bonds is 9. The molecule has 1 rings (SSSR count). The summed E-state index contributed by atoms with van der Waals surface area (Å²) < 4.78 is 36.1. The Bertz CT molecular complexity index is 484. The molecule has 1 heterocycles. The van der Waals surface area contributed by atoms with Gasteiger partial charge in [-0.05, 0) is 0 Å². The van der Waals surface area contributed by atoms with Crippen LogP contribution in [0.1, 0.15) is 0 Å². The fourth-order valence-corrected chi connectivity index (χ4v) is 2.77. The molecule has 0 fully saturated rings. The second kappa shape index (κ2) is 8.10. The van der Waals surface area contributed by atoms with Crippen LogP contribution >= 0.6 is 0 Å². The number of ether oxygens (including phenoxy) is 2. The molecular formula is C11H20N4O4S. The molecule has 0 radical (unpaired) electrons. The van der Waals surface area contributed by atoms with Gasteiger partial charge in [0.2, 0.25) is 16.0 Å². The molecule has 0 bridgehead atoms. The number of nitrogens with one attached hydrogen (secondary N) is 1. The standard InChI is InChI=1S/C11H20N4O4S/c1-12-11-13-8-10(9-14-11)20(16,17)15(4-6-18-2)5-7-19-3/h8-9H,4-7H2,1-3H3,(H,12,13,14). The molecule has 9 heteroatoms. The monoisotopic (exact) mass is 304 g/mol. The van der Waals surface area contributed by atoms with E-state index in [0.717, 1.165) is 0 Å². The van der Waals surface area contributed by atoms with Crippen LogP contribution in [-0.2, 0) is 19.5 Å². The third-order valence-electron chi connectivity index (χ3n) is 2.58. The topological polar surface area (TPSA) is 93.7 Å². The van der Waals surface area contributed by atoms with E-state index in [0.29, 0.717) is 19.2 Å². The molecule has 0 atom stereocenters. The van der Waals surface area contributed by atoms with Crippen molar-refractivity contribution < 1.29 is 17.9 Å². The fourth-order valence-electron chi connectivity index (χ4n) is 1.47. The Morgan fingerprint density at radius 1 is 1.15 bits per heavy atom. The molecule has 114 valence electrons. The molecule has 1 aromatic heterocycles. The molecule has 8 nitrogen and oxygen atoms in total. The molecule has 1 aromatic rings. The van der Waals surface area contributed by atoms with Crippen molar-refractivity contribution in [3.8, 4) is 0 Å². The van der Waals surface area contributed by atoms with Crippen LogP contribution in [0.25, 0.3) is 0 Å². The van der Waals surface area contributed by atoms with E-state index in [9.17, 15) is 8.42 Å². The molecule has 0 spiro atoms. The Balaban J connectivity index is 2.94. The zero-order valence-electron chi connectivity index (χ0n) is 11.9. The maximum Gasteiger partial charge on any atom is 0.246 e. The molecule has 0 saturated carbocycles. The molecule has 1 N–H and O–H groups in total. The van der Waals surface area contributed by atoms with Crippen molar-refractivity contribution in [2.75, 3.05) is 52.9 Å². The summed E-state index contributed by atoms with van der Waals surface area (Å²) >= 11 is 0. The SMILES string of the molecule is CNc1ncc(S(=O)(=O)N(CCOC)CCOC)cn1. The molecule has 20 heavy (non-hydrogen) atoms. The Labute approximate surface area is 119 Å². The van der Waals surface area contributed by atoms with E-state index < -0.39 is 10.0 Å². The third kappa shape index (κ3) is 4.37. The quantitative estimate of drug-likeness (QED) is 0.675. The highest BCUT2D eigenvalue weighted by Gasteiger charge is 2.24. The van der Waals surface area contributed by atoms with Crippen LogP contribution in [0.5, 0.6) is 0 Å². The van der Waals surface area contributed by atoms with Gasteiger partial charge in [0, 0.05) is 34.4 Å². The molecule has 0 amide bonds. The first kappa shape index (κ1) is 16.8. The minimum Gasteiger partial charge on any atom is -0.383 e. The van der Waals surface area contributed by atoms with Crippen LogP contribution in [0.15, 0.2) is 17.3 Å². The van der Waals surface area contributed by atoms with Gasteiger partial charge in [0.25, 0.3) is 0 Å². The second-order valence-corrected chi connectivity index (χ2v) is 5.82. The van der Waals surface area contributed by atoms with Crippen LogP contribution in [-0.4, -0.2) is 70.3 Å². The molecule has 0 aliphatic rings. The highest BCUT2D eigenvalue weighted by atomic mass is 32.2. The average Bonchev–Trinajstić information content (AvgIpc) is 2.47. The highest BCUT2D eigenvalue weighted by molar-refractivity contribution is 7.89. The maximum absolute atomic E-state index is 12.5. The first-order valence-electron chi connectivity index (χ1n) is 6.04. The van der Waals surface area contributed by atoms with Gasteiger partial charge in [0.15, 0.2) is 0 Å². The first-order chi connectivity index (χ1) is 9.56. The van der Waals surface area contributed by atoms with Crippen molar-refractivity contribution in [2.45, 2.75) is 4.90 Å². The zero-order chi connectivity index (χ0) is 15.0. The van der Waals surface area contributed by atoms with E-state index in [4.69, 9.17) is 9.47 Å². The van der Waals surface area contributed by atoms with Gasteiger partial charge in [-0.2, -0.15) is 4.31 Å². The lowest BCUT2D eigenvalue weighted by molar-refractivity contribution is 0.150. The van der Waals surface area contributed by atoms with Gasteiger partial charge >= 0.3 is 0 Å². The molecule has 0 aromatic carbocycles. The highest BCUT2D eigenvalue weighted by Crippen LogP contribution is 2.14. The minimum atomic E-state index is -3.65. The summed E-state index contributed by atoms with van der Waals surface area (Å²) in [6.07, 6.45) is 2.56. The van der Waals surface area contributed by atoms with E-state index in [1.165, 1.54) is 30.9 Å². The average molecular weight is 304 g/mol. The minimum absolute atomic E-state index is 0.0451. The summed E-state index contributed by atoms with van der Waals surface area (Å²) in [6.45, 7) is 1.10. The Kier molecular flexibility index (Phi) is 6.79. The smallest absolute Gasteiger partial charge is 0.246 e. The van der Waals surface area contributed by atoms with Crippen molar-refractivity contribution in [1.29, 1.82) is 0 Å². The predicted molar refractivity (Wildman–Crippen MR) is 74.1 cm³/mol. The van der Waals surface area contributed by atoms with E-state index in [2.05, 4.69) is 15.3 Å². The summed E-state index contributed by atoms with van der Waals surface area (Å²) in [4.78, 5) is 7.88. The number of hydrogen-bond donors (Lipinski definition) is 1. The number of aromatic nitrogens is 2. The zero-order valence-corrected chi connectivity index (χ0v) is 12.7. The summed E-state index contributed by atoms with van der Waals surface area (Å²) in [5.74, 6) is 0.365. The maximum atomic E-state index is 12.5. The van der Waals surface area contributed by atoms with Gasteiger partial charge < -0.3 is 14.8 Å². The number of sulfonamides is 1. The molecule has 0 saturated heterocycles. The molecular weight excluding hydrogens is 284 g/mol. The second-order valence-electron chi connectivity index (χ2n) is 3.88. The van der Waals surface area contributed by atoms with Crippen molar-refractivity contribution in [2.24, 2.45) is 0 Å². The van der Waals surface area contributed by atoms with E-state index >= 15 is 0 Å². The Morgan fingerprint density at radius 2 is 1.65 bits per heavy atom. The first-order valence-corrected chi connectivity index (χ1v) is 7.48. The summed E-state index contributed by atoms with van der Waals surface area (Å²) in [7, 11) is 1.05. The van der Waals surface area contributed by atoms with Crippen molar-refractivity contribution in [3.05, 3.63) is 12.4 Å². The number of methoxy groups -OCH3 is 2. The van der Waals surface area contributed by atoms with Crippen molar-refractivity contribution in [1.82, 2.24) is 14.3 Å². The van der Waals surface area contributed by atoms with Gasteiger partial charge in [-0.3, -0.25) is 0 Å². The Morgan fingerprint density at radius 3 is 2.05 bits per heavy atom. The van der Waals surface area contributed by atoms with Crippen molar-refractivity contribution in [3.63, 3.8) is 0 Å². The number of hydrogen-bond acceptors (Lipinski definition) is 7. The van der Waals surface area contributed by atoms with E-state index in [1.807, 2.05) is 0 Å². The van der Waals surface area contributed by atoms with Crippen LogP contribution in [0.4, 0.5) is 5.95 Å². The lowest BCUT2D eigenvalue weighted by atomic mass is 10.6. The van der Waals surface area contributed by atoms with Crippen molar-refractivity contribution >= 4 is 16.0 Å². The number of nitrogens with zero attached hydrogens (tertiary/aromatic N) is 3. The van der Waals surface area contributed by atoms with Crippen LogP contribution < -0.4 is 5.32 Å². The molecule has 0 aliphatic heterocycles. The lowest BCUT2D eigenvalue weighted by Gasteiger charge is -2.21. The van der Waals surface area contributed by atoms with Gasteiger partial charge in [-0.1, -0.05) is 0 Å². The van der Waals surface area contributed by atoms with Crippen LogP contribution in [0.2, 0.25) is 0 Å². The van der Waals surface area contributed by atoms with Gasteiger partial charge in [-0.15, -0.1) is 0 Å². The van der Waals surface area contributed by atoms with Crippen LogP contribution in [0, 0.1) is 0 Å². The Hall–Kier alpha value is -1.29. The van der Waals surface area contributed by atoms with Gasteiger partial charge in [0.1, 0.15) is 4.90 Å². The molecule has 0 unspecified atom stereocenters. The van der Waals surface area contributed by atoms with Gasteiger partial charge in [0.05, 0.1) is 25.6 Å². The summed E-state index contributed by atoms with van der Waals surface area (Å²) in [5, 5.41) is 2.73. The predicted octanol–water partition coefficient (Wildman–Crippen LogP) is -0.198. The number of anilines is 1. The molecule has 0 aliphatic carbocycles. The summed E-state index contributed by atoms with van der Waals surface area (Å²) in [6, 6.07) is 0. The largest absolute Gasteiger partial charge is 0.383 e. The third-order valence-corrected chi connectivity index (χ3v) is 4.43. The van der Waals surface area contributed by atoms with E-state index in [-0.39, 0.29) is 18.0 Å². The lowest BCUT2D eigenvalue weighted by Crippen LogP contribution is -2.36. The van der Waals surface area contributed by atoms with E-state index in [1.54, 1.807) is 7.05 Å². The summed E-state index contributed by atoms with van der Waals surface area (Å²) in [5.41, 5.74) is 0. The normalized spacial score (nSPS) is 11.8. The van der Waals surface area contributed by atoms with Crippen LogP contribution in [0.3, 0.4) is 0 Å². The van der Waals surface area contributed by atoms with Gasteiger partial charge in [-0.25, -0.2) is 18.4 Å².